The zero-order valence-corrected chi connectivity index (χ0v) is 14.9. The summed E-state index contributed by atoms with van der Waals surface area (Å²) < 4.78 is 0. The van der Waals surface area contributed by atoms with Crippen LogP contribution in [-0.4, -0.2) is 58.6 Å². The maximum absolute atomic E-state index is 13.1. The van der Waals surface area contributed by atoms with Crippen molar-refractivity contribution in [2.24, 2.45) is 11.3 Å². The van der Waals surface area contributed by atoms with E-state index in [-0.39, 0.29) is 29.8 Å². The van der Waals surface area contributed by atoms with Gasteiger partial charge in [-0.3, -0.25) is 19.6 Å². The van der Waals surface area contributed by atoms with Gasteiger partial charge < -0.3 is 10.2 Å². The molecule has 3 rings (SSSR count). The molecule has 2 N–H and O–H groups in total. The van der Waals surface area contributed by atoms with Crippen LogP contribution in [0.2, 0.25) is 0 Å². The summed E-state index contributed by atoms with van der Waals surface area (Å²) in [5.74, 6) is -0.598. The first-order valence-corrected chi connectivity index (χ1v) is 9.49. The first kappa shape index (κ1) is 18.2. The number of nitrogens with one attached hydrogen (secondary N) is 1. The van der Waals surface area contributed by atoms with Crippen LogP contribution in [0.25, 0.3) is 0 Å². The number of unbranched alkanes of at least 4 members (excludes halogenated alkanes) is 1. The number of rotatable bonds is 9. The van der Waals surface area contributed by atoms with Crippen LogP contribution in [0.4, 0.5) is 0 Å². The van der Waals surface area contributed by atoms with E-state index in [0.29, 0.717) is 24.4 Å². The van der Waals surface area contributed by atoms with Gasteiger partial charge >= 0.3 is 0 Å². The van der Waals surface area contributed by atoms with Gasteiger partial charge in [-0.1, -0.05) is 19.8 Å². The minimum absolute atomic E-state index is 0.0111. The maximum Gasteiger partial charge on any atom is 0.243 e. The number of likely N-dealkylation sites (tertiary alicyclic amines) is 1. The van der Waals surface area contributed by atoms with Crippen LogP contribution in [0, 0.1) is 11.3 Å². The summed E-state index contributed by atoms with van der Waals surface area (Å²) in [6, 6.07) is -0.123. The van der Waals surface area contributed by atoms with Crippen LogP contribution in [0.5, 0.6) is 0 Å². The van der Waals surface area contributed by atoms with Crippen molar-refractivity contribution in [3.05, 3.63) is 0 Å². The molecule has 25 heavy (non-hydrogen) atoms. The van der Waals surface area contributed by atoms with Crippen LogP contribution in [-0.2, 0) is 14.4 Å². The van der Waals surface area contributed by atoms with E-state index in [1.807, 2.05) is 6.92 Å². The zero-order valence-electron chi connectivity index (χ0n) is 14.9. The predicted octanol–water partition coefficient (Wildman–Crippen LogP) is 1.30. The van der Waals surface area contributed by atoms with Crippen molar-refractivity contribution >= 4 is 18.2 Å². The lowest BCUT2D eigenvalue weighted by Crippen LogP contribution is -2.49. The lowest BCUT2D eigenvalue weighted by atomic mass is 9.99. The fourth-order valence-electron chi connectivity index (χ4n) is 3.83. The summed E-state index contributed by atoms with van der Waals surface area (Å²) in [4.78, 5) is 38.2. The highest BCUT2D eigenvalue weighted by Crippen LogP contribution is 2.55. The van der Waals surface area contributed by atoms with Crippen LogP contribution >= 0.6 is 0 Å². The number of carbonyl (C=O) groups excluding carboxylic acids is 3. The lowest BCUT2D eigenvalue weighted by Gasteiger charge is -2.29. The average Bonchev–Trinajstić information content (AvgIpc) is 3.50. The Morgan fingerprint density at radius 2 is 2.12 bits per heavy atom. The van der Waals surface area contributed by atoms with E-state index in [9.17, 15) is 19.6 Å². The molecule has 2 saturated carbocycles. The Balaban J connectivity index is 1.70. The molecule has 1 saturated heterocycles. The molecule has 0 aromatic heterocycles. The summed E-state index contributed by atoms with van der Waals surface area (Å²) >= 11 is 0. The summed E-state index contributed by atoms with van der Waals surface area (Å²) in [5.41, 5.74) is 0.125. The quantitative estimate of drug-likeness (QED) is 0.372. The SMILES string of the molecule is CCCC[C@H](CN(O)C=O)C(=O)N1CC2(CC2)C[C@H]1C(=O)NC1CC1. The van der Waals surface area contributed by atoms with Gasteiger partial charge in [-0.05, 0) is 43.9 Å². The molecule has 2 aliphatic carbocycles. The molecule has 3 aliphatic rings. The molecule has 1 aliphatic heterocycles. The largest absolute Gasteiger partial charge is 0.352 e. The van der Waals surface area contributed by atoms with E-state index in [2.05, 4.69) is 5.32 Å². The monoisotopic (exact) mass is 351 g/mol. The van der Waals surface area contributed by atoms with Gasteiger partial charge in [0, 0.05) is 12.6 Å². The van der Waals surface area contributed by atoms with E-state index in [1.54, 1.807) is 4.90 Å². The third-order valence-electron chi connectivity index (χ3n) is 5.76. The molecule has 0 aromatic carbocycles. The maximum atomic E-state index is 13.1. The first-order valence-electron chi connectivity index (χ1n) is 9.49. The summed E-state index contributed by atoms with van der Waals surface area (Å²) in [6.45, 7) is 2.66. The molecular formula is C18H29N3O4. The molecule has 0 bridgehead atoms. The number of hydrogen-bond acceptors (Lipinski definition) is 4. The normalized spacial score (nSPS) is 24.9. The minimum atomic E-state index is -0.458. The van der Waals surface area contributed by atoms with Crippen LogP contribution < -0.4 is 5.32 Å². The van der Waals surface area contributed by atoms with Crippen molar-refractivity contribution in [2.45, 2.75) is 70.4 Å². The van der Waals surface area contributed by atoms with Gasteiger partial charge in [0.15, 0.2) is 0 Å². The van der Waals surface area contributed by atoms with Gasteiger partial charge in [0.25, 0.3) is 0 Å². The molecule has 140 valence electrons. The average molecular weight is 351 g/mol. The van der Waals surface area contributed by atoms with E-state index >= 15 is 0 Å². The third kappa shape index (κ3) is 4.32. The Labute approximate surface area is 148 Å². The van der Waals surface area contributed by atoms with E-state index in [1.165, 1.54) is 0 Å². The standard InChI is InChI=1S/C18H29N3O4/c1-2-3-4-13(10-20(25)12-22)17(24)21-11-18(7-8-18)9-15(21)16(23)19-14-5-6-14/h12-15,25H,2-11H2,1H3,(H,19,23)/t13-,15+/m1/s1. The summed E-state index contributed by atoms with van der Waals surface area (Å²) in [5, 5.41) is 13.1. The first-order chi connectivity index (χ1) is 12.0. The molecule has 0 radical (unpaired) electrons. The van der Waals surface area contributed by atoms with Crippen LogP contribution in [0.1, 0.15) is 58.3 Å². The second-order valence-electron chi connectivity index (χ2n) is 8.04. The van der Waals surface area contributed by atoms with Crippen molar-refractivity contribution in [1.82, 2.24) is 15.3 Å². The smallest absolute Gasteiger partial charge is 0.243 e. The van der Waals surface area contributed by atoms with Crippen LogP contribution in [0.3, 0.4) is 0 Å². The Hall–Kier alpha value is -1.63. The van der Waals surface area contributed by atoms with Crippen molar-refractivity contribution in [1.29, 1.82) is 0 Å². The number of hydroxylamine groups is 2. The lowest BCUT2D eigenvalue weighted by molar-refractivity contribution is -0.158. The molecule has 3 fully saturated rings. The van der Waals surface area contributed by atoms with Gasteiger partial charge in [-0.15, -0.1) is 0 Å². The molecule has 2 atom stereocenters. The third-order valence-corrected chi connectivity index (χ3v) is 5.76. The zero-order chi connectivity index (χ0) is 18.0. The van der Waals surface area contributed by atoms with Gasteiger partial charge in [-0.25, -0.2) is 5.06 Å². The molecule has 1 heterocycles. The van der Waals surface area contributed by atoms with Crippen molar-refractivity contribution in [3.63, 3.8) is 0 Å². The minimum Gasteiger partial charge on any atom is -0.352 e. The van der Waals surface area contributed by atoms with Crippen LogP contribution in [0.15, 0.2) is 0 Å². The Bertz CT molecular complexity index is 530. The Morgan fingerprint density at radius 1 is 1.40 bits per heavy atom. The number of hydrogen-bond donors (Lipinski definition) is 2. The number of amides is 3. The highest BCUT2D eigenvalue weighted by Gasteiger charge is 2.56. The molecule has 0 aromatic rings. The van der Waals surface area contributed by atoms with E-state index in [0.717, 1.165) is 44.9 Å². The Morgan fingerprint density at radius 3 is 2.68 bits per heavy atom. The molecular weight excluding hydrogens is 322 g/mol. The van der Waals surface area contributed by atoms with Crippen molar-refractivity contribution < 1.29 is 19.6 Å². The Kier molecular flexibility index (Phi) is 5.32. The summed E-state index contributed by atoms with van der Waals surface area (Å²) in [7, 11) is 0. The van der Waals surface area contributed by atoms with Gasteiger partial charge in [-0.2, -0.15) is 0 Å². The van der Waals surface area contributed by atoms with E-state index in [4.69, 9.17) is 0 Å². The molecule has 0 unspecified atom stereocenters. The second kappa shape index (κ2) is 7.32. The number of nitrogens with zero attached hydrogens (tertiary/aromatic N) is 2. The van der Waals surface area contributed by atoms with Crippen molar-refractivity contribution in [2.75, 3.05) is 13.1 Å². The van der Waals surface area contributed by atoms with Gasteiger partial charge in [0.2, 0.25) is 18.2 Å². The fourth-order valence-corrected chi connectivity index (χ4v) is 3.83. The number of carbonyl (C=O) groups is 3. The molecule has 1 spiro atoms. The second-order valence-corrected chi connectivity index (χ2v) is 8.04. The topological polar surface area (TPSA) is 90.0 Å². The van der Waals surface area contributed by atoms with Crippen molar-refractivity contribution in [3.8, 4) is 0 Å². The molecule has 7 heteroatoms. The van der Waals surface area contributed by atoms with Gasteiger partial charge in [0.05, 0.1) is 12.5 Å². The van der Waals surface area contributed by atoms with E-state index < -0.39 is 12.0 Å². The predicted molar refractivity (Wildman–Crippen MR) is 90.5 cm³/mol. The fraction of sp³-hybridized carbons (Fsp3) is 0.833. The summed E-state index contributed by atoms with van der Waals surface area (Å²) in [6.07, 6.45) is 7.66. The molecule has 7 nitrogen and oxygen atoms in total. The highest BCUT2D eigenvalue weighted by atomic mass is 16.5. The molecule has 3 amide bonds. The highest BCUT2D eigenvalue weighted by molar-refractivity contribution is 5.90. The van der Waals surface area contributed by atoms with Gasteiger partial charge in [0.1, 0.15) is 6.04 Å².